The van der Waals surface area contributed by atoms with Crippen LogP contribution < -0.4 is 0 Å². The lowest BCUT2D eigenvalue weighted by Gasteiger charge is -2.22. The zero-order valence-electron chi connectivity index (χ0n) is 9.64. The second kappa shape index (κ2) is 4.33. The highest BCUT2D eigenvalue weighted by atomic mass is 32.2. The van der Waals surface area contributed by atoms with Gasteiger partial charge in [-0.15, -0.1) is 0 Å². The van der Waals surface area contributed by atoms with Crippen molar-refractivity contribution in [2.75, 3.05) is 18.1 Å². The van der Waals surface area contributed by atoms with E-state index in [1.165, 1.54) is 11.8 Å². The average molecular weight is 257 g/mol. The monoisotopic (exact) mass is 257 g/mol. The summed E-state index contributed by atoms with van der Waals surface area (Å²) in [5, 5.41) is 9.15. The van der Waals surface area contributed by atoms with Gasteiger partial charge in [0.15, 0.2) is 0 Å². The van der Waals surface area contributed by atoms with Crippen LogP contribution in [0.15, 0.2) is 0 Å². The van der Waals surface area contributed by atoms with Crippen LogP contribution in [0.4, 0.5) is 0 Å². The number of nitrogens with zero attached hydrogens (tertiary/aromatic N) is 1. The van der Waals surface area contributed by atoms with E-state index in [0.717, 1.165) is 17.9 Å². The van der Waals surface area contributed by atoms with E-state index in [2.05, 4.69) is 0 Å². The zero-order chi connectivity index (χ0) is 12.6. The number of Topliss-reactive ketones (excluding diaryl/α,β-unsaturated/α-hetero) is 1. The standard InChI is InChI=1S/C11H15NO4S/c1-7(13)9(14)12-5-11(2-3-17-6-11)4-8(12)10(15)16/h8H,2-6H2,1H3,(H,15,16)/t8-,11?/m0/s1. The Kier molecular flexibility index (Phi) is 3.16. The molecule has 2 aliphatic rings. The topological polar surface area (TPSA) is 74.7 Å². The number of likely N-dealkylation sites (tertiary alicyclic amines) is 1. The van der Waals surface area contributed by atoms with Crippen molar-refractivity contribution in [3.8, 4) is 0 Å². The summed E-state index contributed by atoms with van der Waals surface area (Å²) in [5.41, 5.74) is -0.0845. The number of hydrogen-bond donors (Lipinski definition) is 1. The fraction of sp³-hybridized carbons (Fsp3) is 0.727. The predicted molar refractivity (Wildman–Crippen MR) is 62.8 cm³/mol. The van der Waals surface area contributed by atoms with Gasteiger partial charge in [-0.1, -0.05) is 0 Å². The van der Waals surface area contributed by atoms with Crippen molar-refractivity contribution in [1.29, 1.82) is 0 Å². The van der Waals surface area contributed by atoms with E-state index < -0.39 is 23.7 Å². The van der Waals surface area contributed by atoms with E-state index >= 15 is 0 Å². The molecule has 2 aliphatic heterocycles. The maximum Gasteiger partial charge on any atom is 0.326 e. The molecule has 1 unspecified atom stereocenters. The highest BCUT2D eigenvalue weighted by Gasteiger charge is 2.50. The summed E-state index contributed by atoms with van der Waals surface area (Å²) in [6.07, 6.45) is 1.41. The zero-order valence-corrected chi connectivity index (χ0v) is 10.5. The van der Waals surface area contributed by atoms with Gasteiger partial charge in [-0.3, -0.25) is 9.59 Å². The predicted octanol–water partition coefficient (Wildman–Crippen LogP) is 0.384. The molecule has 0 aromatic heterocycles. The lowest BCUT2D eigenvalue weighted by atomic mass is 9.85. The first kappa shape index (κ1) is 12.4. The molecule has 2 heterocycles. The lowest BCUT2D eigenvalue weighted by Crippen LogP contribution is -2.43. The van der Waals surface area contributed by atoms with E-state index in [-0.39, 0.29) is 5.41 Å². The summed E-state index contributed by atoms with van der Waals surface area (Å²) in [6.45, 7) is 1.60. The minimum Gasteiger partial charge on any atom is -0.480 e. The van der Waals surface area contributed by atoms with Gasteiger partial charge >= 0.3 is 5.97 Å². The van der Waals surface area contributed by atoms with Gasteiger partial charge in [0.25, 0.3) is 5.91 Å². The molecule has 2 rings (SSSR count). The Morgan fingerprint density at radius 3 is 2.59 bits per heavy atom. The summed E-state index contributed by atoms with van der Waals surface area (Å²) in [7, 11) is 0. The largest absolute Gasteiger partial charge is 0.480 e. The van der Waals surface area contributed by atoms with Crippen molar-refractivity contribution in [3.05, 3.63) is 0 Å². The highest BCUT2D eigenvalue weighted by Crippen LogP contribution is 2.45. The summed E-state index contributed by atoms with van der Waals surface area (Å²) < 4.78 is 0. The first-order chi connectivity index (χ1) is 7.95. The van der Waals surface area contributed by atoms with Crippen LogP contribution in [-0.4, -0.2) is 51.8 Å². The summed E-state index contributed by atoms with van der Waals surface area (Å²) in [5.74, 6) is -0.356. The van der Waals surface area contributed by atoms with E-state index in [9.17, 15) is 14.4 Å². The number of hydrogen-bond acceptors (Lipinski definition) is 4. The second-order valence-electron chi connectivity index (χ2n) is 4.85. The van der Waals surface area contributed by atoms with Crippen LogP contribution in [0.2, 0.25) is 0 Å². The summed E-state index contributed by atoms with van der Waals surface area (Å²) in [6, 6.07) is -0.829. The van der Waals surface area contributed by atoms with Gasteiger partial charge in [0.1, 0.15) is 6.04 Å². The Hall–Kier alpha value is -1.04. The first-order valence-electron chi connectivity index (χ1n) is 5.57. The fourth-order valence-corrected chi connectivity index (χ4v) is 4.14. The smallest absolute Gasteiger partial charge is 0.326 e. The van der Waals surface area contributed by atoms with Crippen molar-refractivity contribution in [3.63, 3.8) is 0 Å². The van der Waals surface area contributed by atoms with E-state index in [0.29, 0.717) is 13.0 Å². The summed E-state index contributed by atoms with van der Waals surface area (Å²) in [4.78, 5) is 35.2. The maximum atomic E-state index is 11.7. The molecular weight excluding hydrogens is 242 g/mol. The number of rotatable bonds is 2. The quantitative estimate of drug-likeness (QED) is 0.724. The van der Waals surface area contributed by atoms with Crippen LogP contribution in [0.3, 0.4) is 0 Å². The van der Waals surface area contributed by atoms with E-state index in [4.69, 9.17) is 5.11 Å². The maximum absolute atomic E-state index is 11.7. The molecule has 0 radical (unpaired) electrons. The molecular formula is C11H15NO4S. The van der Waals surface area contributed by atoms with Crippen molar-refractivity contribution in [1.82, 2.24) is 4.90 Å². The molecule has 6 heteroatoms. The van der Waals surface area contributed by atoms with Crippen LogP contribution in [0.5, 0.6) is 0 Å². The van der Waals surface area contributed by atoms with Gasteiger partial charge in [-0.05, 0) is 18.6 Å². The molecule has 1 spiro atoms. The van der Waals surface area contributed by atoms with Crippen LogP contribution in [-0.2, 0) is 14.4 Å². The minimum absolute atomic E-state index is 0.0845. The molecule has 1 amide bonds. The normalized spacial score (nSPS) is 32.1. The lowest BCUT2D eigenvalue weighted by molar-refractivity contribution is -0.151. The molecule has 1 N–H and O–H groups in total. The number of carboxylic acids is 1. The van der Waals surface area contributed by atoms with Gasteiger partial charge in [-0.2, -0.15) is 11.8 Å². The van der Waals surface area contributed by atoms with Crippen molar-refractivity contribution >= 4 is 29.4 Å². The molecule has 0 bridgehead atoms. The van der Waals surface area contributed by atoms with Crippen LogP contribution in [0.25, 0.3) is 0 Å². The Bertz CT molecular complexity index is 376. The van der Waals surface area contributed by atoms with Crippen molar-refractivity contribution in [2.24, 2.45) is 5.41 Å². The van der Waals surface area contributed by atoms with Crippen LogP contribution >= 0.6 is 11.8 Å². The minimum atomic E-state index is -1.01. The van der Waals surface area contributed by atoms with Gasteiger partial charge in [0, 0.05) is 24.6 Å². The highest BCUT2D eigenvalue weighted by molar-refractivity contribution is 7.99. The third-order valence-electron chi connectivity index (χ3n) is 3.54. The number of carbonyl (C=O) groups excluding carboxylic acids is 2. The number of thioether (sulfide) groups is 1. The van der Waals surface area contributed by atoms with E-state index in [1.807, 2.05) is 0 Å². The average Bonchev–Trinajstić information content (AvgIpc) is 2.86. The molecule has 94 valence electrons. The fourth-order valence-electron chi connectivity index (χ4n) is 2.63. The molecule has 17 heavy (non-hydrogen) atoms. The molecule has 2 atom stereocenters. The molecule has 5 nitrogen and oxygen atoms in total. The SMILES string of the molecule is CC(=O)C(=O)N1CC2(CCSC2)C[C@H]1C(=O)O. The molecule has 0 saturated carbocycles. The summed E-state index contributed by atoms with van der Waals surface area (Å²) >= 11 is 1.79. The van der Waals surface area contributed by atoms with E-state index in [1.54, 1.807) is 11.8 Å². The third kappa shape index (κ3) is 2.18. The van der Waals surface area contributed by atoms with Crippen molar-refractivity contribution in [2.45, 2.75) is 25.8 Å². The number of carbonyl (C=O) groups is 3. The second-order valence-corrected chi connectivity index (χ2v) is 5.96. The number of amides is 1. The number of carboxylic acid groups (broad SMARTS) is 1. The number of aliphatic carboxylic acids is 1. The molecule has 2 saturated heterocycles. The molecule has 2 fully saturated rings. The van der Waals surface area contributed by atoms with Gasteiger partial charge in [0.2, 0.25) is 5.78 Å². The Balaban J connectivity index is 2.21. The van der Waals surface area contributed by atoms with Gasteiger partial charge < -0.3 is 10.0 Å². The Labute approximate surface area is 104 Å². The molecule has 0 aromatic rings. The first-order valence-corrected chi connectivity index (χ1v) is 6.73. The van der Waals surface area contributed by atoms with Gasteiger partial charge in [-0.25, -0.2) is 4.79 Å². The van der Waals surface area contributed by atoms with Crippen LogP contribution in [0.1, 0.15) is 19.8 Å². The van der Waals surface area contributed by atoms with Gasteiger partial charge in [0.05, 0.1) is 0 Å². The molecule has 0 aromatic carbocycles. The third-order valence-corrected chi connectivity index (χ3v) is 4.85. The van der Waals surface area contributed by atoms with Crippen molar-refractivity contribution < 1.29 is 19.5 Å². The number of ketones is 1. The Morgan fingerprint density at radius 2 is 2.12 bits per heavy atom. The Morgan fingerprint density at radius 1 is 1.41 bits per heavy atom. The molecule has 0 aliphatic carbocycles. The van der Waals surface area contributed by atoms with Crippen LogP contribution in [0, 0.1) is 5.41 Å².